The second-order valence-corrected chi connectivity index (χ2v) is 5.88. The van der Waals surface area contributed by atoms with Crippen molar-refractivity contribution < 1.29 is 9.59 Å². The molecule has 0 spiro atoms. The molecule has 2 amide bonds. The number of hydrogen-bond donors (Lipinski definition) is 2. The Bertz CT molecular complexity index is 1000. The van der Waals surface area contributed by atoms with Gasteiger partial charge in [-0.1, -0.05) is 24.8 Å². The molecule has 0 saturated heterocycles. The van der Waals surface area contributed by atoms with Crippen LogP contribution >= 0.6 is 0 Å². The zero-order chi connectivity index (χ0) is 17.6. The van der Waals surface area contributed by atoms with Gasteiger partial charge in [0.1, 0.15) is 6.54 Å². The molecular formula is C18H15N5O2. The van der Waals surface area contributed by atoms with E-state index in [0.29, 0.717) is 22.6 Å². The normalized spacial score (nSPS) is 13.4. The molecule has 2 N–H and O–H groups in total. The number of hydrogen-bond acceptors (Lipinski definition) is 4. The summed E-state index contributed by atoms with van der Waals surface area (Å²) in [4.78, 5) is 30.4. The number of carbonyl (C=O) groups excluding carboxylic acids is 2. The standard InChI is InChI=1S/C18H15N5O2/c1-10-15-7-12(8-19-17(15)22-21-10)20-16(24)9-23-11(2)13-5-3-4-6-14(13)18(23)25/h3-8H,2,9H2,1H3,(H,20,24)(H,19,21,22). The third-order valence-corrected chi connectivity index (χ3v) is 4.23. The number of H-pyrrole nitrogens is 1. The third kappa shape index (κ3) is 2.46. The zero-order valence-electron chi connectivity index (χ0n) is 13.5. The molecule has 0 unspecified atom stereocenters. The Balaban J connectivity index is 1.51. The Morgan fingerprint density at radius 3 is 2.84 bits per heavy atom. The van der Waals surface area contributed by atoms with Gasteiger partial charge < -0.3 is 5.32 Å². The van der Waals surface area contributed by atoms with Gasteiger partial charge in [0.2, 0.25) is 5.91 Å². The summed E-state index contributed by atoms with van der Waals surface area (Å²) in [5, 5.41) is 10.5. The largest absolute Gasteiger partial charge is 0.323 e. The van der Waals surface area contributed by atoms with Crippen molar-refractivity contribution in [3.05, 3.63) is 59.9 Å². The van der Waals surface area contributed by atoms with Gasteiger partial charge in [0, 0.05) is 27.9 Å². The van der Waals surface area contributed by atoms with Crippen LogP contribution in [0.2, 0.25) is 0 Å². The van der Waals surface area contributed by atoms with Crippen LogP contribution in [0.25, 0.3) is 16.7 Å². The van der Waals surface area contributed by atoms with Gasteiger partial charge in [-0.25, -0.2) is 4.98 Å². The number of amides is 2. The maximum atomic E-state index is 12.4. The molecule has 4 rings (SSSR count). The van der Waals surface area contributed by atoms with E-state index in [1.54, 1.807) is 18.2 Å². The molecule has 3 aromatic rings. The maximum Gasteiger partial charge on any atom is 0.259 e. The number of nitrogens with one attached hydrogen (secondary N) is 2. The average molecular weight is 333 g/mol. The van der Waals surface area contributed by atoms with Gasteiger partial charge in [-0.3, -0.25) is 19.6 Å². The quantitative estimate of drug-likeness (QED) is 0.769. The molecule has 1 aliphatic heterocycles. The molecule has 0 saturated carbocycles. The van der Waals surface area contributed by atoms with Crippen LogP contribution in [0, 0.1) is 6.92 Å². The molecule has 1 aliphatic rings. The summed E-state index contributed by atoms with van der Waals surface area (Å²) in [5.74, 6) is -0.528. The first-order valence-corrected chi connectivity index (χ1v) is 7.75. The lowest BCUT2D eigenvalue weighted by Crippen LogP contribution is -2.32. The van der Waals surface area contributed by atoms with E-state index >= 15 is 0 Å². The first kappa shape index (κ1) is 15.1. The van der Waals surface area contributed by atoms with E-state index in [1.165, 1.54) is 11.1 Å². The fourth-order valence-corrected chi connectivity index (χ4v) is 2.93. The van der Waals surface area contributed by atoms with E-state index in [1.807, 2.05) is 19.1 Å². The number of benzene rings is 1. The van der Waals surface area contributed by atoms with Crippen LogP contribution in [-0.4, -0.2) is 38.4 Å². The van der Waals surface area contributed by atoms with Gasteiger partial charge in [-0.2, -0.15) is 5.10 Å². The summed E-state index contributed by atoms with van der Waals surface area (Å²) in [5.41, 5.74) is 3.88. The Morgan fingerprint density at radius 2 is 2.08 bits per heavy atom. The van der Waals surface area contributed by atoms with Gasteiger partial charge in [0.15, 0.2) is 5.65 Å². The number of anilines is 1. The topological polar surface area (TPSA) is 91.0 Å². The highest BCUT2D eigenvalue weighted by Gasteiger charge is 2.31. The third-order valence-electron chi connectivity index (χ3n) is 4.23. The first-order chi connectivity index (χ1) is 12.0. The Morgan fingerprint density at radius 1 is 1.32 bits per heavy atom. The predicted molar refractivity (Wildman–Crippen MR) is 93.8 cm³/mol. The Labute approximate surface area is 143 Å². The minimum absolute atomic E-state index is 0.102. The van der Waals surface area contributed by atoms with Crippen molar-refractivity contribution in [2.45, 2.75) is 6.92 Å². The highest BCUT2D eigenvalue weighted by atomic mass is 16.2. The molecule has 7 nitrogen and oxygen atoms in total. The monoisotopic (exact) mass is 333 g/mol. The molecule has 0 radical (unpaired) electrons. The van der Waals surface area contributed by atoms with Crippen molar-refractivity contribution in [1.82, 2.24) is 20.1 Å². The lowest BCUT2D eigenvalue weighted by Gasteiger charge is -2.16. The molecule has 25 heavy (non-hydrogen) atoms. The number of pyridine rings is 1. The van der Waals surface area contributed by atoms with Crippen LogP contribution in [0.1, 0.15) is 21.6 Å². The number of aromatic nitrogens is 3. The summed E-state index contributed by atoms with van der Waals surface area (Å²) >= 11 is 0. The van der Waals surface area contributed by atoms with E-state index in [4.69, 9.17) is 0 Å². The van der Waals surface area contributed by atoms with E-state index < -0.39 is 0 Å². The highest BCUT2D eigenvalue weighted by molar-refractivity contribution is 6.11. The summed E-state index contributed by atoms with van der Waals surface area (Å²) in [6.07, 6.45) is 1.54. The molecule has 124 valence electrons. The van der Waals surface area contributed by atoms with Gasteiger partial charge in [0.25, 0.3) is 5.91 Å². The van der Waals surface area contributed by atoms with Crippen LogP contribution < -0.4 is 5.32 Å². The maximum absolute atomic E-state index is 12.4. The summed E-state index contributed by atoms with van der Waals surface area (Å²) in [6, 6.07) is 9.00. The molecule has 2 aromatic heterocycles. The summed E-state index contributed by atoms with van der Waals surface area (Å²) in [6.45, 7) is 5.71. The van der Waals surface area contributed by atoms with E-state index in [-0.39, 0.29) is 18.4 Å². The smallest absolute Gasteiger partial charge is 0.259 e. The molecule has 0 atom stereocenters. The SMILES string of the molecule is C=C1c2ccccc2C(=O)N1CC(=O)Nc1cnc2n[nH]c(C)c2c1. The van der Waals surface area contributed by atoms with Crippen LogP contribution in [0.3, 0.4) is 0 Å². The second kappa shape index (κ2) is 5.55. The lowest BCUT2D eigenvalue weighted by molar-refractivity contribution is -0.116. The van der Waals surface area contributed by atoms with Crippen molar-refractivity contribution in [3.8, 4) is 0 Å². The van der Waals surface area contributed by atoms with Crippen LogP contribution in [-0.2, 0) is 4.79 Å². The van der Waals surface area contributed by atoms with Gasteiger partial charge in [0.05, 0.1) is 11.9 Å². The predicted octanol–water partition coefficient (Wildman–Crippen LogP) is 2.33. The van der Waals surface area contributed by atoms with Gasteiger partial charge in [-0.15, -0.1) is 0 Å². The minimum Gasteiger partial charge on any atom is -0.323 e. The van der Waals surface area contributed by atoms with Crippen molar-refractivity contribution >= 4 is 34.2 Å². The van der Waals surface area contributed by atoms with Crippen LogP contribution in [0.15, 0.2) is 43.1 Å². The number of fused-ring (bicyclic) bond motifs is 2. The summed E-state index contributed by atoms with van der Waals surface area (Å²) in [7, 11) is 0. The van der Waals surface area contributed by atoms with Crippen molar-refractivity contribution in [2.24, 2.45) is 0 Å². The molecular weight excluding hydrogens is 318 g/mol. The van der Waals surface area contributed by atoms with Crippen LogP contribution in [0.5, 0.6) is 0 Å². The molecule has 0 fully saturated rings. The number of rotatable bonds is 3. The van der Waals surface area contributed by atoms with Gasteiger partial charge >= 0.3 is 0 Å². The lowest BCUT2D eigenvalue weighted by atomic mass is 10.1. The fourth-order valence-electron chi connectivity index (χ4n) is 2.93. The molecule has 7 heteroatoms. The molecule has 0 aliphatic carbocycles. The van der Waals surface area contributed by atoms with E-state index in [0.717, 1.165) is 16.6 Å². The second-order valence-electron chi connectivity index (χ2n) is 5.88. The first-order valence-electron chi connectivity index (χ1n) is 7.75. The molecule has 0 bridgehead atoms. The van der Waals surface area contributed by atoms with Gasteiger partial charge in [-0.05, 0) is 19.1 Å². The van der Waals surface area contributed by atoms with Crippen molar-refractivity contribution in [3.63, 3.8) is 0 Å². The molecule has 3 heterocycles. The molecule has 1 aromatic carbocycles. The highest BCUT2D eigenvalue weighted by Crippen LogP contribution is 2.30. The Kier molecular flexibility index (Phi) is 3.35. The van der Waals surface area contributed by atoms with Crippen molar-refractivity contribution in [2.75, 3.05) is 11.9 Å². The average Bonchev–Trinajstić information content (AvgIpc) is 3.09. The number of aromatic amines is 1. The van der Waals surface area contributed by atoms with E-state index in [2.05, 4.69) is 27.1 Å². The number of nitrogens with zero attached hydrogens (tertiary/aromatic N) is 3. The van der Waals surface area contributed by atoms with Crippen LogP contribution in [0.4, 0.5) is 5.69 Å². The zero-order valence-corrected chi connectivity index (χ0v) is 13.5. The Hall–Kier alpha value is -3.48. The number of carbonyl (C=O) groups is 2. The van der Waals surface area contributed by atoms with Crippen molar-refractivity contribution in [1.29, 1.82) is 0 Å². The minimum atomic E-state index is -0.315. The van der Waals surface area contributed by atoms with E-state index in [9.17, 15) is 9.59 Å². The number of aryl methyl sites for hydroxylation is 1. The summed E-state index contributed by atoms with van der Waals surface area (Å²) < 4.78 is 0. The fraction of sp³-hybridized carbons (Fsp3) is 0.111.